The van der Waals surface area contributed by atoms with Gasteiger partial charge >= 0.3 is 5.97 Å². The Bertz CT molecular complexity index is 845. The Kier molecular flexibility index (Phi) is 3.35. The fourth-order valence-electron chi connectivity index (χ4n) is 2.25. The van der Waals surface area contributed by atoms with E-state index in [4.69, 9.17) is 16.7 Å². The highest BCUT2D eigenvalue weighted by atomic mass is 35.5. The van der Waals surface area contributed by atoms with E-state index in [1.54, 1.807) is 30.3 Å². The van der Waals surface area contributed by atoms with E-state index in [0.717, 1.165) is 0 Å². The van der Waals surface area contributed by atoms with Gasteiger partial charge in [-0.3, -0.25) is 4.79 Å². The Morgan fingerprint density at radius 2 is 2.05 bits per heavy atom. The first kappa shape index (κ1) is 13.6. The third kappa shape index (κ3) is 2.48. The number of halogens is 2. The molecule has 0 spiro atoms. The highest BCUT2D eigenvalue weighted by Crippen LogP contribution is 2.28. The first-order chi connectivity index (χ1) is 10.1. The molecule has 0 saturated heterocycles. The van der Waals surface area contributed by atoms with Crippen molar-refractivity contribution in [3.8, 4) is 11.4 Å². The van der Waals surface area contributed by atoms with E-state index < -0.39 is 11.8 Å². The van der Waals surface area contributed by atoms with Crippen molar-refractivity contribution in [1.29, 1.82) is 0 Å². The zero-order chi connectivity index (χ0) is 15.0. The molecule has 21 heavy (non-hydrogen) atoms. The Morgan fingerprint density at radius 1 is 1.29 bits per heavy atom. The first-order valence-electron chi connectivity index (χ1n) is 6.19. The lowest BCUT2D eigenvalue weighted by molar-refractivity contribution is -0.137. The standard InChI is InChI=1S/C15H10ClFN2O2/c16-9-5-6-10(11(17)7-9)15-18-12-3-1-2-4-13(12)19(15)8-14(20)21/h1-7H,8H2,(H,20,21). The highest BCUT2D eigenvalue weighted by molar-refractivity contribution is 6.30. The minimum atomic E-state index is -1.02. The summed E-state index contributed by atoms with van der Waals surface area (Å²) < 4.78 is 15.6. The zero-order valence-electron chi connectivity index (χ0n) is 10.8. The van der Waals surface area contributed by atoms with E-state index >= 15 is 0 Å². The maximum Gasteiger partial charge on any atom is 0.323 e. The van der Waals surface area contributed by atoms with Crippen molar-refractivity contribution in [2.24, 2.45) is 0 Å². The van der Waals surface area contributed by atoms with Crippen LogP contribution in [0.15, 0.2) is 42.5 Å². The van der Waals surface area contributed by atoms with E-state index in [1.807, 2.05) is 0 Å². The number of aliphatic carboxylic acids is 1. The molecule has 3 rings (SSSR count). The van der Waals surface area contributed by atoms with Crippen LogP contribution in [0.25, 0.3) is 22.4 Å². The molecule has 6 heteroatoms. The van der Waals surface area contributed by atoms with Crippen LogP contribution in [0.1, 0.15) is 0 Å². The lowest BCUT2D eigenvalue weighted by Crippen LogP contribution is -2.10. The van der Waals surface area contributed by atoms with Crippen molar-refractivity contribution in [3.05, 3.63) is 53.3 Å². The second-order valence-corrected chi connectivity index (χ2v) is 4.96. The molecule has 0 amide bonds. The zero-order valence-corrected chi connectivity index (χ0v) is 11.5. The van der Waals surface area contributed by atoms with E-state index in [-0.39, 0.29) is 23.0 Å². The molecule has 0 unspecified atom stereocenters. The number of fused-ring (bicyclic) bond motifs is 1. The molecule has 106 valence electrons. The van der Waals surface area contributed by atoms with E-state index in [9.17, 15) is 9.18 Å². The van der Waals surface area contributed by atoms with Gasteiger partial charge in [-0.05, 0) is 30.3 Å². The van der Waals surface area contributed by atoms with Crippen molar-refractivity contribution in [2.45, 2.75) is 6.54 Å². The molecular formula is C15H10ClFN2O2. The summed E-state index contributed by atoms with van der Waals surface area (Å²) in [6.45, 7) is -0.294. The Morgan fingerprint density at radius 3 is 2.76 bits per heavy atom. The van der Waals surface area contributed by atoms with Crippen LogP contribution in [0.2, 0.25) is 5.02 Å². The fraction of sp³-hybridized carbons (Fsp3) is 0.0667. The van der Waals surface area contributed by atoms with Gasteiger partial charge in [-0.25, -0.2) is 9.37 Å². The summed E-state index contributed by atoms with van der Waals surface area (Å²) in [4.78, 5) is 15.4. The molecule has 1 heterocycles. The summed E-state index contributed by atoms with van der Waals surface area (Å²) in [7, 11) is 0. The van der Waals surface area contributed by atoms with Gasteiger partial charge in [0.05, 0.1) is 16.6 Å². The number of hydrogen-bond acceptors (Lipinski definition) is 2. The molecular weight excluding hydrogens is 295 g/mol. The molecule has 0 aliphatic heterocycles. The number of carboxylic acid groups (broad SMARTS) is 1. The number of carbonyl (C=O) groups is 1. The summed E-state index contributed by atoms with van der Waals surface area (Å²) in [5.41, 5.74) is 1.48. The van der Waals surface area contributed by atoms with Crippen LogP contribution in [0.3, 0.4) is 0 Å². The molecule has 0 bridgehead atoms. The van der Waals surface area contributed by atoms with Crippen LogP contribution >= 0.6 is 11.6 Å². The van der Waals surface area contributed by atoms with Crippen LogP contribution in [-0.2, 0) is 11.3 Å². The summed E-state index contributed by atoms with van der Waals surface area (Å²) in [5.74, 6) is -1.29. The van der Waals surface area contributed by atoms with Crippen LogP contribution in [-0.4, -0.2) is 20.6 Å². The van der Waals surface area contributed by atoms with Crippen molar-refractivity contribution in [3.63, 3.8) is 0 Å². The summed E-state index contributed by atoms with van der Waals surface area (Å²) in [6.07, 6.45) is 0. The quantitative estimate of drug-likeness (QED) is 0.804. The number of rotatable bonds is 3. The minimum absolute atomic E-state index is 0.219. The van der Waals surface area contributed by atoms with Crippen molar-refractivity contribution in [1.82, 2.24) is 9.55 Å². The monoisotopic (exact) mass is 304 g/mol. The fourth-order valence-corrected chi connectivity index (χ4v) is 2.41. The van der Waals surface area contributed by atoms with E-state index in [0.29, 0.717) is 11.0 Å². The minimum Gasteiger partial charge on any atom is -0.480 e. The lowest BCUT2D eigenvalue weighted by Gasteiger charge is -2.07. The van der Waals surface area contributed by atoms with Gasteiger partial charge in [-0.15, -0.1) is 0 Å². The first-order valence-corrected chi connectivity index (χ1v) is 6.56. The molecule has 1 aromatic heterocycles. The van der Waals surface area contributed by atoms with Gasteiger partial charge in [-0.1, -0.05) is 23.7 Å². The number of aromatic nitrogens is 2. The second kappa shape index (κ2) is 5.18. The number of para-hydroxylation sites is 2. The van der Waals surface area contributed by atoms with E-state index in [2.05, 4.69) is 4.98 Å². The molecule has 4 nitrogen and oxygen atoms in total. The molecule has 0 atom stereocenters. The van der Waals surface area contributed by atoms with Crippen LogP contribution in [0, 0.1) is 5.82 Å². The van der Waals surface area contributed by atoms with Gasteiger partial charge in [0.15, 0.2) is 0 Å². The third-order valence-corrected chi connectivity index (χ3v) is 3.36. The Hall–Kier alpha value is -2.40. The van der Waals surface area contributed by atoms with Gasteiger partial charge in [-0.2, -0.15) is 0 Å². The highest BCUT2D eigenvalue weighted by Gasteiger charge is 2.17. The number of imidazole rings is 1. The smallest absolute Gasteiger partial charge is 0.323 e. The SMILES string of the molecule is O=C(O)Cn1c(-c2ccc(Cl)cc2F)nc2ccccc21. The molecule has 3 aromatic rings. The maximum absolute atomic E-state index is 14.1. The molecule has 0 aliphatic carbocycles. The second-order valence-electron chi connectivity index (χ2n) is 4.53. The van der Waals surface area contributed by atoms with Crippen LogP contribution < -0.4 is 0 Å². The van der Waals surface area contributed by atoms with Gasteiger partial charge < -0.3 is 9.67 Å². The summed E-state index contributed by atoms with van der Waals surface area (Å²) in [6, 6.07) is 11.3. The topological polar surface area (TPSA) is 55.1 Å². The van der Waals surface area contributed by atoms with Gasteiger partial charge in [0.2, 0.25) is 0 Å². The summed E-state index contributed by atoms with van der Waals surface area (Å²) >= 11 is 5.75. The Balaban J connectivity index is 2.28. The molecule has 0 fully saturated rings. The molecule has 2 aromatic carbocycles. The summed E-state index contributed by atoms with van der Waals surface area (Å²) in [5, 5.41) is 9.34. The molecule has 0 aliphatic rings. The largest absolute Gasteiger partial charge is 0.480 e. The predicted molar refractivity (Wildman–Crippen MR) is 77.8 cm³/mol. The molecule has 1 N–H and O–H groups in total. The van der Waals surface area contributed by atoms with Crippen molar-refractivity contribution < 1.29 is 14.3 Å². The van der Waals surface area contributed by atoms with Crippen molar-refractivity contribution in [2.75, 3.05) is 0 Å². The number of benzene rings is 2. The molecule has 0 saturated carbocycles. The number of nitrogens with zero attached hydrogens (tertiary/aromatic N) is 2. The van der Waals surface area contributed by atoms with Gasteiger partial charge in [0.25, 0.3) is 0 Å². The molecule has 0 radical (unpaired) electrons. The maximum atomic E-state index is 14.1. The third-order valence-electron chi connectivity index (χ3n) is 3.12. The van der Waals surface area contributed by atoms with Gasteiger partial charge in [0, 0.05) is 5.02 Å². The van der Waals surface area contributed by atoms with Crippen LogP contribution in [0.4, 0.5) is 4.39 Å². The average Bonchev–Trinajstić information content (AvgIpc) is 2.77. The number of carboxylic acids is 1. The number of hydrogen-bond donors (Lipinski definition) is 1. The van der Waals surface area contributed by atoms with Gasteiger partial charge in [0.1, 0.15) is 18.2 Å². The van der Waals surface area contributed by atoms with Crippen molar-refractivity contribution >= 4 is 28.6 Å². The predicted octanol–water partition coefficient (Wildman–Crippen LogP) is 3.58. The normalized spacial score (nSPS) is 11.0. The van der Waals surface area contributed by atoms with Crippen LogP contribution in [0.5, 0.6) is 0 Å². The lowest BCUT2D eigenvalue weighted by atomic mass is 10.2. The Labute approximate surface area is 124 Å². The average molecular weight is 305 g/mol. The van der Waals surface area contributed by atoms with E-state index in [1.165, 1.54) is 16.7 Å².